The highest BCUT2D eigenvalue weighted by Gasteiger charge is 2.04. The van der Waals surface area contributed by atoms with Crippen LogP contribution in [-0.4, -0.2) is 9.55 Å². The van der Waals surface area contributed by atoms with Crippen molar-refractivity contribution in [1.82, 2.24) is 9.55 Å². The lowest BCUT2D eigenvalue weighted by atomic mass is 10.3. The van der Waals surface area contributed by atoms with Crippen molar-refractivity contribution in [2.75, 3.05) is 5.73 Å². The molecule has 0 saturated heterocycles. The van der Waals surface area contributed by atoms with Gasteiger partial charge in [0.15, 0.2) is 0 Å². The molecule has 0 radical (unpaired) electrons. The Bertz CT molecular complexity index is 531. The zero-order valence-electron chi connectivity index (χ0n) is 8.34. The van der Waals surface area contributed by atoms with Gasteiger partial charge in [0.25, 0.3) is 5.56 Å². The molecular weight excluding hydrogens is 190 g/mol. The Morgan fingerprint density at radius 3 is 2.53 bits per heavy atom. The number of benzene rings is 1. The van der Waals surface area contributed by atoms with Crippen LogP contribution in [0.5, 0.6) is 0 Å². The largest absolute Gasteiger partial charge is 0.369 e. The van der Waals surface area contributed by atoms with Gasteiger partial charge in [-0.3, -0.25) is 4.79 Å². The molecular formula is C11H11N3O. The van der Waals surface area contributed by atoms with Crippen LogP contribution in [0.3, 0.4) is 0 Å². The van der Waals surface area contributed by atoms with Crippen molar-refractivity contribution < 1.29 is 0 Å². The van der Waals surface area contributed by atoms with E-state index in [1.165, 1.54) is 10.6 Å². The van der Waals surface area contributed by atoms with Gasteiger partial charge in [-0.1, -0.05) is 18.2 Å². The minimum Gasteiger partial charge on any atom is -0.369 e. The first-order valence-corrected chi connectivity index (χ1v) is 4.60. The lowest BCUT2D eigenvalue weighted by Gasteiger charge is -2.08. The highest BCUT2D eigenvalue weighted by atomic mass is 16.1. The second-order valence-corrected chi connectivity index (χ2v) is 3.26. The minimum absolute atomic E-state index is 0.161. The van der Waals surface area contributed by atoms with E-state index in [4.69, 9.17) is 5.73 Å². The summed E-state index contributed by atoms with van der Waals surface area (Å²) in [4.78, 5) is 15.8. The van der Waals surface area contributed by atoms with Gasteiger partial charge >= 0.3 is 0 Å². The number of hydrogen-bond donors (Lipinski definition) is 1. The third-order valence-electron chi connectivity index (χ3n) is 2.09. The Kier molecular flexibility index (Phi) is 2.25. The highest BCUT2D eigenvalue weighted by molar-refractivity contribution is 5.38. The van der Waals surface area contributed by atoms with E-state index in [1.807, 2.05) is 30.3 Å². The number of para-hydroxylation sites is 1. The Balaban J connectivity index is 2.69. The van der Waals surface area contributed by atoms with Crippen LogP contribution in [0.4, 0.5) is 5.95 Å². The van der Waals surface area contributed by atoms with E-state index in [-0.39, 0.29) is 11.5 Å². The second-order valence-electron chi connectivity index (χ2n) is 3.26. The van der Waals surface area contributed by atoms with Gasteiger partial charge < -0.3 is 5.73 Å². The maximum absolute atomic E-state index is 11.7. The summed E-state index contributed by atoms with van der Waals surface area (Å²) in [5.74, 6) is 0.214. The van der Waals surface area contributed by atoms with Gasteiger partial charge in [-0.05, 0) is 19.1 Å². The van der Waals surface area contributed by atoms with Gasteiger partial charge in [-0.2, -0.15) is 0 Å². The fourth-order valence-electron chi connectivity index (χ4n) is 1.46. The summed E-state index contributed by atoms with van der Waals surface area (Å²) in [6, 6.07) is 10.7. The third-order valence-corrected chi connectivity index (χ3v) is 2.09. The number of rotatable bonds is 1. The summed E-state index contributed by atoms with van der Waals surface area (Å²) in [5, 5.41) is 0. The van der Waals surface area contributed by atoms with Crippen LogP contribution < -0.4 is 11.3 Å². The van der Waals surface area contributed by atoms with Crippen molar-refractivity contribution in [3.63, 3.8) is 0 Å². The van der Waals surface area contributed by atoms with E-state index in [2.05, 4.69) is 4.98 Å². The summed E-state index contributed by atoms with van der Waals surface area (Å²) >= 11 is 0. The van der Waals surface area contributed by atoms with Crippen LogP contribution in [0, 0.1) is 6.92 Å². The summed E-state index contributed by atoms with van der Waals surface area (Å²) in [6.07, 6.45) is 0. The predicted octanol–water partition coefficient (Wildman–Crippen LogP) is 1.12. The van der Waals surface area contributed by atoms with E-state index in [1.54, 1.807) is 6.92 Å². The monoisotopic (exact) mass is 201 g/mol. The number of aryl methyl sites for hydroxylation is 1. The Morgan fingerprint density at radius 1 is 1.27 bits per heavy atom. The molecule has 15 heavy (non-hydrogen) atoms. The SMILES string of the molecule is Cc1cc(=O)n(-c2ccccc2)c(N)n1. The number of hydrogen-bond acceptors (Lipinski definition) is 3. The second kappa shape index (κ2) is 3.57. The molecule has 0 bridgehead atoms. The molecule has 0 amide bonds. The van der Waals surface area contributed by atoms with Crippen molar-refractivity contribution in [3.8, 4) is 5.69 Å². The first-order chi connectivity index (χ1) is 7.18. The Labute approximate surface area is 87.0 Å². The average molecular weight is 201 g/mol. The van der Waals surface area contributed by atoms with Gasteiger partial charge in [-0.25, -0.2) is 9.55 Å². The van der Waals surface area contributed by atoms with Gasteiger partial charge in [0.05, 0.1) is 5.69 Å². The van der Waals surface area contributed by atoms with Gasteiger partial charge in [0.1, 0.15) is 0 Å². The first kappa shape index (κ1) is 9.45. The van der Waals surface area contributed by atoms with Crippen LogP contribution in [0.25, 0.3) is 5.69 Å². The lowest BCUT2D eigenvalue weighted by Crippen LogP contribution is -2.22. The van der Waals surface area contributed by atoms with Crippen molar-refractivity contribution in [1.29, 1.82) is 0 Å². The average Bonchev–Trinajstić information content (AvgIpc) is 2.17. The molecule has 2 rings (SSSR count). The number of anilines is 1. The van der Waals surface area contributed by atoms with E-state index in [9.17, 15) is 4.79 Å². The molecule has 0 spiro atoms. The molecule has 4 nitrogen and oxygen atoms in total. The van der Waals surface area contributed by atoms with E-state index in [0.717, 1.165) is 5.69 Å². The van der Waals surface area contributed by atoms with Crippen molar-refractivity contribution >= 4 is 5.95 Å². The van der Waals surface area contributed by atoms with Gasteiger partial charge in [0.2, 0.25) is 5.95 Å². The molecule has 0 atom stereocenters. The molecule has 1 aromatic carbocycles. The quantitative estimate of drug-likeness (QED) is 0.752. The summed E-state index contributed by atoms with van der Waals surface area (Å²) < 4.78 is 1.38. The molecule has 2 aromatic rings. The van der Waals surface area contributed by atoms with Crippen molar-refractivity contribution in [3.05, 3.63) is 52.4 Å². The van der Waals surface area contributed by atoms with Crippen LogP contribution in [-0.2, 0) is 0 Å². The van der Waals surface area contributed by atoms with E-state index in [0.29, 0.717) is 5.69 Å². The first-order valence-electron chi connectivity index (χ1n) is 4.60. The topological polar surface area (TPSA) is 60.9 Å². The molecule has 0 aliphatic heterocycles. The standard InChI is InChI=1S/C11H11N3O/c1-8-7-10(15)14(11(12)13-8)9-5-3-2-4-6-9/h2-7H,1H3,(H2,12,13). The molecule has 1 heterocycles. The zero-order valence-corrected chi connectivity index (χ0v) is 8.34. The lowest BCUT2D eigenvalue weighted by molar-refractivity contribution is 0.936. The highest BCUT2D eigenvalue weighted by Crippen LogP contribution is 2.07. The Morgan fingerprint density at radius 2 is 1.93 bits per heavy atom. The molecule has 1 aromatic heterocycles. The van der Waals surface area contributed by atoms with Gasteiger partial charge in [0, 0.05) is 11.8 Å². The smallest absolute Gasteiger partial charge is 0.259 e. The van der Waals surface area contributed by atoms with Crippen LogP contribution >= 0.6 is 0 Å². The summed E-state index contributed by atoms with van der Waals surface area (Å²) in [5.41, 5.74) is 6.90. The van der Waals surface area contributed by atoms with Crippen LogP contribution in [0.15, 0.2) is 41.2 Å². The maximum Gasteiger partial charge on any atom is 0.259 e. The van der Waals surface area contributed by atoms with Crippen LogP contribution in [0.2, 0.25) is 0 Å². The minimum atomic E-state index is -0.161. The molecule has 0 fully saturated rings. The van der Waals surface area contributed by atoms with Gasteiger partial charge in [-0.15, -0.1) is 0 Å². The molecule has 0 aliphatic rings. The molecule has 0 saturated carbocycles. The van der Waals surface area contributed by atoms with E-state index < -0.39 is 0 Å². The normalized spacial score (nSPS) is 10.2. The molecule has 0 aliphatic carbocycles. The fraction of sp³-hybridized carbons (Fsp3) is 0.0909. The zero-order chi connectivity index (χ0) is 10.8. The maximum atomic E-state index is 11.7. The molecule has 76 valence electrons. The fourth-order valence-corrected chi connectivity index (χ4v) is 1.46. The molecule has 0 unspecified atom stereocenters. The van der Waals surface area contributed by atoms with Crippen molar-refractivity contribution in [2.45, 2.75) is 6.92 Å². The summed E-state index contributed by atoms with van der Waals surface area (Å²) in [6.45, 7) is 1.74. The Hall–Kier alpha value is -2.10. The molecule has 2 N–H and O–H groups in total. The van der Waals surface area contributed by atoms with E-state index >= 15 is 0 Å². The number of nitrogen functional groups attached to an aromatic ring is 1. The van der Waals surface area contributed by atoms with Crippen molar-refractivity contribution in [2.24, 2.45) is 0 Å². The summed E-state index contributed by atoms with van der Waals surface area (Å²) in [7, 11) is 0. The number of nitrogens with zero attached hydrogens (tertiary/aromatic N) is 2. The molecule has 4 heteroatoms. The number of aromatic nitrogens is 2. The predicted molar refractivity (Wildman–Crippen MR) is 59.0 cm³/mol. The van der Waals surface area contributed by atoms with Crippen LogP contribution in [0.1, 0.15) is 5.69 Å². The number of nitrogens with two attached hydrogens (primary N) is 1. The third kappa shape index (κ3) is 1.74.